The molecule has 30 heavy (non-hydrogen) atoms. The summed E-state index contributed by atoms with van der Waals surface area (Å²) in [6.07, 6.45) is -0.798. The van der Waals surface area contributed by atoms with Gasteiger partial charge in [-0.05, 0) is 43.3 Å². The summed E-state index contributed by atoms with van der Waals surface area (Å²) in [6, 6.07) is 13.5. The number of nitrogens with one attached hydrogen (secondary N) is 1. The standard InChI is InChI=1S/C20H15ClN4O4S/c1-2-28-20(27)29-15-9-5-13(6-10-15)17(26)22-18-23-19-25(24-18)16(11-30-19)12-3-7-14(21)8-4-12/h3-11H,2H2,1H3,(H,22,24,26). The summed E-state index contributed by atoms with van der Waals surface area (Å²) >= 11 is 7.36. The third kappa shape index (κ3) is 4.27. The van der Waals surface area contributed by atoms with Crippen LogP contribution in [-0.4, -0.2) is 33.3 Å². The van der Waals surface area contributed by atoms with E-state index < -0.39 is 6.16 Å². The second-order valence-electron chi connectivity index (χ2n) is 6.02. The maximum absolute atomic E-state index is 12.5. The molecule has 0 unspecified atom stereocenters. The maximum Gasteiger partial charge on any atom is 0.513 e. The minimum Gasteiger partial charge on any atom is -0.434 e. The first kappa shape index (κ1) is 19.9. The van der Waals surface area contributed by atoms with E-state index >= 15 is 0 Å². The van der Waals surface area contributed by atoms with Gasteiger partial charge in [0.2, 0.25) is 4.96 Å². The Balaban J connectivity index is 1.48. The van der Waals surface area contributed by atoms with Crippen LogP contribution in [0.5, 0.6) is 5.75 Å². The molecular formula is C20H15ClN4O4S. The van der Waals surface area contributed by atoms with Gasteiger partial charge in [-0.1, -0.05) is 23.7 Å². The van der Waals surface area contributed by atoms with Crippen LogP contribution in [0.15, 0.2) is 53.9 Å². The zero-order chi connectivity index (χ0) is 21.1. The van der Waals surface area contributed by atoms with Crippen LogP contribution >= 0.6 is 22.9 Å². The fourth-order valence-electron chi connectivity index (χ4n) is 2.64. The minimum absolute atomic E-state index is 0.189. The summed E-state index contributed by atoms with van der Waals surface area (Å²) in [4.78, 5) is 28.8. The Hall–Kier alpha value is -3.43. The molecule has 0 aliphatic carbocycles. The topological polar surface area (TPSA) is 94.8 Å². The van der Waals surface area contributed by atoms with Gasteiger partial charge in [0.25, 0.3) is 11.9 Å². The van der Waals surface area contributed by atoms with Crippen LogP contribution in [0.25, 0.3) is 16.2 Å². The Morgan fingerprint density at radius 3 is 2.57 bits per heavy atom. The van der Waals surface area contributed by atoms with E-state index in [2.05, 4.69) is 15.4 Å². The number of carbonyl (C=O) groups is 2. The van der Waals surface area contributed by atoms with Crippen LogP contribution in [0.4, 0.5) is 10.7 Å². The first-order chi connectivity index (χ1) is 14.5. The van der Waals surface area contributed by atoms with E-state index in [-0.39, 0.29) is 24.2 Å². The zero-order valence-corrected chi connectivity index (χ0v) is 17.2. The van der Waals surface area contributed by atoms with Crippen molar-refractivity contribution in [1.82, 2.24) is 14.6 Å². The normalized spacial score (nSPS) is 10.7. The Kier molecular flexibility index (Phi) is 5.64. The second-order valence-corrected chi connectivity index (χ2v) is 7.29. The van der Waals surface area contributed by atoms with Gasteiger partial charge in [-0.2, -0.15) is 4.98 Å². The van der Waals surface area contributed by atoms with Crippen LogP contribution in [-0.2, 0) is 4.74 Å². The largest absolute Gasteiger partial charge is 0.513 e. The van der Waals surface area contributed by atoms with Gasteiger partial charge in [-0.15, -0.1) is 16.4 Å². The predicted molar refractivity (Wildman–Crippen MR) is 113 cm³/mol. The Bertz CT molecular complexity index is 1200. The summed E-state index contributed by atoms with van der Waals surface area (Å²) in [6.45, 7) is 1.90. The number of hydrogen-bond donors (Lipinski definition) is 1. The number of nitrogens with zero attached hydrogens (tertiary/aromatic N) is 3. The highest BCUT2D eigenvalue weighted by molar-refractivity contribution is 7.15. The molecule has 2 aromatic carbocycles. The number of fused-ring (bicyclic) bond motifs is 1. The molecule has 0 saturated heterocycles. The molecule has 0 bridgehead atoms. The molecule has 0 aliphatic rings. The number of anilines is 1. The van der Waals surface area contributed by atoms with Gasteiger partial charge < -0.3 is 9.47 Å². The van der Waals surface area contributed by atoms with Crippen LogP contribution in [0, 0.1) is 0 Å². The SMILES string of the molecule is CCOC(=O)Oc1ccc(C(=O)Nc2nc3scc(-c4ccc(Cl)cc4)n3n2)cc1. The van der Waals surface area contributed by atoms with Gasteiger partial charge in [0.15, 0.2) is 0 Å². The highest BCUT2D eigenvalue weighted by Crippen LogP contribution is 2.27. The number of aromatic nitrogens is 3. The van der Waals surface area contributed by atoms with Crippen LogP contribution in [0.3, 0.4) is 0 Å². The van der Waals surface area contributed by atoms with Crippen LogP contribution in [0.1, 0.15) is 17.3 Å². The summed E-state index contributed by atoms with van der Waals surface area (Å²) in [7, 11) is 0. The van der Waals surface area contributed by atoms with Gasteiger partial charge in [0.1, 0.15) is 5.75 Å². The van der Waals surface area contributed by atoms with E-state index in [0.29, 0.717) is 15.5 Å². The monoisotopic (exact) mass is 442 g/mol. The Labute approximate surface area is 180 Å². The molecule has 10 heteroatoms. The van der Waals surface area contributed by atoms with E-state index in [1.807, 2.05) is 17.5 Å². The van der Waals surface area contributed by atoms with Crippen molar-refractivity contribution in [2.45, 2.75) is 6.92 Å². The Morgan fingerprint density at radius 1 is 1.13 bits per heavy atom. The van der Waals surface area contributed by atoms with Crippen LogP contribution in [0.2, 0.25) is 5.02 Å². The fraction of sp³-hybridized carbons (Fsp3) is 0.100. The number of ether oxygens (including phenoxy) is 2. The first-order valence-corrected chi connectivity index (χ1v) is 10.2. The van der Waals surface area contributed by atoms with Crippen molar-refractivity contribution in [3.63, 3.8) is 0 Å². The average Bonchev–Trinajstić information content (AvgIpc) is 3.29. The van der Waals surface area contributed by atoms with Crippen molar-refractivity contribution in [2.75, 3.05) is 11.9 Å². The number of benzene rings is 2. The number of carbonyl (C=O) groups excluding carboxylic acids is 2. The smallest absolute Gasteiger partial charge is 0.434 e. The highest BCUT2D eigenvalue weighted by atomic mass is 35.5. The summed E-state index contributed by atoms with van der Waals surface area (Å²) in [5, 5.41) is 9.64. The van der Waals surface area contributed by atoms with Crippen molar-refractivity contribution < 1.29 is 19.1 Å². The van der Waals surface area contributed by atoms with Gasteiger partial charge >= 0.3 is 6.16 Å². The lowest BCUT2D eigenvalue weighted by molar-refractivity contribution is 0.102. The molecule has 0 aliphatic heterocycles. The van der Waals surface area contributed by atoms with E-state index in [0.717, 1.165) is 11.3 Å². The molecule has 8 nitrogen and oxygen atoms in total. The molecule has 152 valence electrons. The summed E-state index contributed by atoms with van der Waals surface area (Å²) in [5.41, 5.74) is 2.15. The Morgan fingerprint density at radius 2 is 1.87 bits per heavy atom. The van der Waals surface area contributed by atoms with Gasteiger partial charge in [-0.25, -0.2) is 9.31 Å². The molecule has 2 aromatic heterocycles. The second kappa shape index (κ2) is 8.52. The van der Waals surface area contributed by atoms with E-state index in [1.165, 1.54) is 35.6 Å². The number of amides is 1. The molecule has 0 saturated carbocycles. The molecule has 0 spiro atoms. The zero-order valence-electron chi connectivity index (χ0n) is 15.7. The van der Waals surface area contributed by atoms with E-state index in [4.69, 9.17) is 21.1 Å². The van der Waals surface area contributed by atoms with Crippen molar-refractivity contribution in [3.05, 3.63) is 64.5 Å². The quantitative estimate of drug-likeness (QED) is 0.349. The minimum atomic E-state index is -0.798. The lowest BCUT2D eigenvalue weighted by Crippen LogP contribution is -2.13. The molecule has 1 N–H and O–H groups in total. The van der Waals surface area contributed by atoms with Gasteiger partial charge in [-0.3, -0.25) is 10.1 Å². The van der Waals surface area contributed by atoms with Crippen molar-refractivity contribution in [1.29, 1.82) is 0 Å². The average molecular weight is 443 g/mol. The first-order valence-electron chi connectivity index (χ1n) is 8.89. The lowest BCUT2D eigenvalue weighted by atomic mass is 10.2. The molecule has 4 aromatic rings. The number of hydrogen-bond acceptors (Lipinski definition) is 7. The molecule has 0 radical (unpaired) electrons. The third-order valence-electron chi connectivity index (χ3n) is 4.03. The maximum atomic E-state index is 12.5. The lowest BCUT2D eigenvalue weighted by Gasteiger charge is -2.05. The third-order valence-corrected chi connectivity index (χ3v) is 5.09. The van der Waals surface area contributed by atoms with E-state index in [9.17, 15) is 9.59 Å². The van der Waals surface area contributed by atoms with Gasteiger partial charge in [0, 0.05) is 21.5 Å². The molecule has 0 fully saturated rings. The number of rotatable bonds is 5. The van der Waals surface area contributed by atoms with Crippen molar-refractivity contribution >= 4 is 45.9 Å². The summed E-state index contributed by atoms with van der Waals surface area (Å²) < 4.78 is 11.3. The van der Waals surface area contributed by atoms with E-state index in [1.54, 1.807) is 23.6 Å². The molecule has 4 rings (SSSR count). The summed E-state index contributed by atoms with van der Waals surface area (Å²) in [5.74, 6) is 0.0798. The molecule has 1 amide bonds. The van der Waals surface area contributed by atoms with Gasteiger partial charge in [0.05, 0.1) is 12.3 Å². The van der Waals surface area contributed by atoms with Crippen LogP contribution < -0.4 is 10.1 Å². The molecule has 2 heterocycles. The number of thiazole rings is 1. The highest BCUT2D eigenvalue weighted by Gasteiger charge is 2.15. The fourth-order valence-corrected chi connectivity index (χ4v) is 3.60. The molecule has 0 atom stereocenters. The molecular weight excluding hydrogens is 428 g/mol. The predicted octanol–water partition coefficient (Wildman–Crippen LogP) is 4.90. The van der Waals surface area contributed by atoms with Crippen molar-refractivity contribution in [2.24, 2.45) is 0 Å². The van der Waals surface area contributed by atoms with Crippen molar-refractivity contribution in [3.8, 4) is 17.0 Å². The number of halogens is 1.